The minimum Gasteiger partial charge on any atom is -0.376 e. The maximum atomic E-state index is 5.95. The average molecular weight is 296 g/mol. The van der Waals surface area contributed by atoms with E-state index in [1.54, 1.807) is 0 Å². The normalized spacial score (nSPS) is 29.4. The minimum atomic E-state index is 0.392. The van der Waals surface area contributed by atoms with E-state index in [1.165, 1.54) is 64.8 Å². The maximum Gasteiger partial charge on any atom is 0.0578 e. The van der Waals surface area contributed by atoms with Crippen LogP contribution in [0.4, 0.5) is 0 Å². The van der Waals surface area contributed by atoms with Crippen molar-refractivity contribution in [2.75, 3.05) is 32.7 Å². The Kier molecular flexibility index (Phi) is 6.97. The van der Waals surface area contributed by atoms with Crippen LogP contribution in [0, 0.1) is 5.92 Å². The van der Waals surface area contributed by atoms with Gasteiger partial charge in [-0.25, -0.2) is 0 Å². The monoisotopic (exact) mass is 296 g/mol. The van der Waals surface area contributed by atoms with Gasteiger partial charge in [0.05, 0.1) is 12.2 Å². The highest BCUT2D eigenvalue weighted by atomic mass is 16.5. The molecule has 1 aliphatic heterocycles. The summed E-state index contributed by atoms with van der Waals surface area (Å²) in [4.78, 5) is 5.28. The Hall–Kier alpha value is -0.120. The number of hydrogen-bond donors (Lipinski definition) is 0. The summed E-state index contributed by atoms with van der Waals surface area (Å²) in [7, 11) is 0. The molecule has 1 heterocycles. The molecule has 0 aromatic carbocycles. The molecule has 1 aliphatic carbocycles. The number of nitrogens with zero attached hydrogens (tertiary/aromatic N) is 2. The van der Waals surface area contributed by atoms with E-state index in [0.29, 0.717) is 18.2 Å². The molecule has 0 bridgehead atoms. The third-order valence-electron chi connectivity index (χ3n) is 5.25. The average Bonchev–Trinajstić information content (AvgIpc) is 2.46. The summed E-state index contributed by atoms with van der Waals surface area (Å²) in [6, 6.07) is 0.711. The van der Waals surface area contributed by atoms with E-state index in [9.17, 15) is 0 Å². The van der Waals surface area contributed by atoms with Crippen molar-refractivity contribution in [3.63, 3.8) is 0 Å². The zero-order valence-corrected chi connectivity index (χ0v) is 14.7. The van der Waals surface area contributed by atoms with Crippen LogP contribution in [0.5, 0.6) is 0 Å². The highest BCUT2D eigenvalue weighted by Crippen LogP contribution is 2.29. The molecular formula is C18H36N2O. The van der Waals surface area contributed by atoms with E-state index in [1.807, 2.05) is 0 Å². The van der Waals surface area contributed by atoms with Gasteiger partial charge in [-0.05, 0) is 72.3 Å². The Labute approximate surface area is 132 Å². The third-order valence-corrected chi connectivity index (χ3v) is 5.25. The molecule has 0 atom stereocenters. The summed E-state index contributed by atoms with van der Waals surface area (Å²) in [5.74, 6) is 0.945. The second-order valence-electron chi connectivity index (χ2n) is 7.59. The Morgan fingerprint density at radius 3 is 2.05 bits per heavy atom. The van der Waals surface area contributed by atoms with E-state index in [4.69, 9.17) is 4.74 Å². The molecule has 3 heteroatoms. The second kappa shape index (κ2) is 8.50. The first-order valence-corrected chi connectivity index (χ1v) is 9.16. The number of piperazine rings is 1. The molecule has 2 fully saturated rings. The fourth-order valence-electron chi connectivity index (χ4n) is 3.81. The van der Waals surface area contributed by atoms with Crippen molar-refractivity contribution in [1.29, 1.82) is 0 Å². The Morgan fingerprint density at radius 1 is 0.905 bits per heavy atom. The maximum absolute atomic E-state index is 5.95. The lowest BCUT2D eigenvalue weighted by Crippen LogP contribution is -2.49. The molecule has 21 heavy (non-hydrogen) atoms. The van der Waals surface area contributed by atoms with Gasteiger partial charge in [-0.2, -0.15) is 0 Å². The van der Waals surface area contributed by atoms with E-state index in [0.717, 1.165) is 5.92 Å². The molecule has 3 nitrogen and oxygen atoms in total. The van der Waals surface area contributed by atoms with Crippen LogP contribution in [0.1, 0.15) is 59.8 Å². The lowest BCUT2D eigenvalue weighted by atomic mass is 9.85. The zero-order valence-electron chi connectivity index (χ0n) is 14.7. The number of ether oxygens (including phenoxy) is 1. The van der Waals surface area contributed by atoms with Crippen LogP contribution in [0.2, 0.25) is 0 Å². The van der Waals surface area contributed by atoms with Gasteiger partial charge in [-0.3, -0.25) is 4.90 Å². The molecule has 0 aromatic rings. The summed E-state index contributed by atoms with van der Waals surface area (Å²) in [6.07, 6.45) is 7.65. The summed E-state index contributed by atoms with van der Waals surface area (Å²) in [6.45, 7) is 15.3. The Balaban J connectivity index is 1.58. The molecule has 2 aliphatic rings. The Morgan fingerprint density at radius 2 is 1.52 bits per heavy atom. The van der Waals surface area contributed by atoms with Crippen molar-refractivity contribution in [2.24, 2.45) is 5.92 Å². The van der Waals surface area contributed by atoms with Gasteiger partial charge in [-0.1, -0.05) is 0 Å². The van der Waals surface area contributed by atoms with E-state index in [2.05, 4.69) is 37.5 Å². The van der Waals surface area contributed by atoms with Crippen molar-refractivity contribution in [3.8, 4) is 0 Å². The molecular weight excluding hydrogens is 260 g/mol. The molecule has 0 amide bonds. The highest BCUT2D eigenvalue weighted by molar-refractivity contribution is 4.77. The van der Waals surface area contributed by atoms with Gasteiger partial charge >= 0.3 is 0 Å². The predicted octanol–water partition coefficient (Wildman–Crippen LogP) is 3.39. The Bertz CT molecular complexity index is 277. The van der Waals surface area contributed by atoms with E-state index < -0.39 is 0 Å². The van der Waals surface area contributed by atoms with Crippen LogP contribution in [0.3, 0.4) is 0 Å². The fourth-order valence-corrected chi connectivity index (χ4v) is 3.81. The minimum absolute atomic E-state index is 0.392. The molecule has 0 aromatic heterocycles. The SMILES string of the molecule is CC(C)OC1CCC(CCN2CCN(C(C)C)CC2)CC1. The van der Waals surface area contributed by atoms with Gasteiger partial charge in [0.2, 0.25) is 0 Å². The van der Waals surface area contributed by atoms with Crippen molar-refractivity contribution >= 4 is 0 Å². The van der Waals surface area contributed by atoms with Gasteiger partial charge < -0.3 is 9.64 Å². The van der Waals surface area contributed by atoms with Crippen LogP contribution >= 0.6 is 0 Å². The summed E-state index contributed by atoms with van der Waals surface area (Å²) in [5.41, 5.74) is 0. The molecule has 124 valence electrons. The lowest BCUT2D eigenvalue weighted by molar-refractivity contribution is -0.0211. The molecule has 2 rings (SSSR count). The van der Waals surface area contributed by atoms with Crippen LogP contribution in [0.15, 0.2) is 0 Å². The standard InChI is InChI=1S/C18H36N2O/c1-15(2)20-13-11-19(12-14-20)10-9-17-5-7-18(8-6-17)21-16(3)4/h15-18H,5-14H2,1-4H3. The van der Waals surface area contributed by atoms with Gasteiger partial charge in [0.1, 0.15) is 0 Å². The number of rotatable bonds is 6. The van der Waals surface area contributed by atoms with Crippen LogP contribution in [0.25, 0.3) is 0 Å². The molecule has 0 unspecified atom stereocenters. The van der Waals surface area contributed by atoms with Crippen molar-refractivity contribution in [3.05, 3.63) is 0 Å². The first kappa shape index (κ1) is 17.2. The van der Waals surface area contributed by atoms with Crippen LogP contribution in [-0.2, 0) is 4.74 Å². The quantitative estimate of drug-likeness (QED) is 0.747. The van der Waals surface area contributed by atoms with Crippen LogP contribution in [-0.4, -0.2) is 60.8 Å². The molecule has 0 radical (unpaired) electrons. The predicted molar refractivity (Wildman–Crippen MR) is 89.7 cm³/mol. The topological polar surface area (TPSA) is 15.7 Å². The summed E-state index contributed by atoms with van der Waals surface area (Å²) < 4.78 is 5.95. The van der Waals surface area contributed by atoms with Gasteiger partial charge in [0.25, 0.3) is 0 Å². The van der Waals surface area contributed by atoms with Gasteiger partial charge in [0.15, 0.2) is 0 Å². The molecule has 0 N–H and O–H groups in total. The van der Waals surface area contributed by atoms with E-state index >= 15 is 0 Å². The highest BCUT2D eigenvalue weighted by Gasteiger charge is 2.24. The smallest absolute Gasteiger partial charge is 0.0578 e. The zero-order chi connectivity index (χ0) is 15.2. The largest absolute Gasteiger partial charge is 0.376 e. The summed E-state index contributed by atoms with van der Waals surface area (Å²) >= 11 is 0. The third kappa shape index (κ3) is 5.88. The first-order valence-electron chi connectivity index (χ1n) is 9.16. The van der Waals surface area contributed by atoms with Crippen molar-refractivity contribution in [2.45, 2.75) is 78.0 Å². The lowest BCUT2D eigenvalue weighted by Gasteiger charge is -2.38. The first-order chi connectivity index (χ1) is 10.0. The number of hydrogen-bond acceptors (Lipinski definition) is 3. The van der Waals surface area contributed by atoms with E-state index in [-0.39, 0.29) is 0 Å². The molecule has 0 spiro atoms. The van der Waals surface area contributed by atoms with Gasteiger partial charge in [0, 0.05) is 32.2 Å². The molecule has 1 saturated carbocycles. The van der Waals surface area contributed by atoms with Crippen LogP contribution < -0.4 is 0 Å². The van der Waals surface area contributed by atoms with Crippen molar-refractivity contribution in [1.82, 2.24) is 9.80 Å². The summed E-state index contributed by atoms with van der Waals surface area (Å²) in [5, 5.41) is 0. The van der Waals surface area contributed by atoms with Gasteiger partial charge in [-0.15, -0.1) is 0 Å². The second-order valence-corrected chi connectivity index (χ2v) is 7.59. The molecule has 1 saturated heterocycles. The van der Waals surface area contributed by atoms with Crippen molar-refractivity contribution < 1.29 is 4.74 Å². The fraction of sp³-hybridized carbons (Fsp3) is 1.00.